The second kappa shape index (κ2) is 5.30. The highest BCUT2D eigenvalue weighted by atomic mass is 16.1. The molecule has 1 aliphatic carbocycles. The fourth-order valence-electron chi connectivity index (χ4n) is 2.89. The number of nitrogens with zero attached hydrogens (tertiary/aromatic N) is 1. The summed E-state index contributed by atoms with van der Waals surface area (Å²) >= 11 is 0. The molecule has 2 nitrogen and oxygen atoms in total. The van der Waals surface area contributed by atoms with Gasteiger partial charge in [0.05, 0.1) is 12.0 Å². The minimum atomic E-state index is -0.0231. The van der Waals surface area contributed by atoms with E-state index in [0.717, 1.165) is 5.56 Å². The van der Waals surface area contributed by atoms with E-state index < -0.39 is 0 Å². The molecule has 0 unspecified atom stereocenters. The lowest BCUT2D eigenvalue weighted by Crippen LogP contribution is -2.01. The standard InChI is InChI=1S/C18H15NO/c19-12-16-15(18(16)14-9-5-2-6-10-14)11-17(20)13-7-3-1-4-8-13/h1-10,15-16,18H,11H2/t15-,16-,18+/m1/s1. The second-order valence-electron chi connectivity index (χ2n) is 5.25. The molecule has 0 aromatic heterocycles. The Morgan fingerprint density at radius 1 is 1.00 bits per heavy atom. The molecule has 0 aliphatic heterocycles. The summed E-state index contributed by atoms with van der Waals surface area (Å²) in [7, 11) is 0. The Hall–Kier alpha value is -2.40. The van der Waals surface area contributed by atoms with E-state index >= 15 is 0 Å². The van der Waals surface area contributed by atoms with Crippen LogP contribution in [0.15, 0.2) is 60.7 Å². The molecule has 3 atom stereocenters. The number of hydrogen-bond acceptors (Lipinski definition) is 2. The first-order valence-corrected chi connectivity index (χ1v) is 6.84. The maximum atomic E-state index is 12.2. The molecule has 0 heterocycles. The fraction of sp³-hybridized carbons (Fsp3) is 0.222. The first kappa shape index (κ1) is 12.6. The Labute approximate surface area is 118 Å². The van der Waals surface area contributed by atoms with Crippen molar-refractivity contribution in [3.05, 3.63) is 71.8 Å². The van der Waals surface area contributed by atoms with Crippen LogP contribution in [0.4, 0.5) is 0 Å². The van der Waals surface area contributed by atoms with Crippen LogP contribution in [0.1, 0.15) is 28.3 Å². The van der Waals surface area contributed by atoms with E-state index in [9.17, 15) is 10.1 Å². The van der Waals surface area contributed by atoms with Crippen molar-refractivity contribution in [2.75, 3.05) is 0 Å². The van der Waals surface area contributed by atoms with Crippen molar-refractivity contribution < 1.29 is 4.79 Å². The summed E-state index contributed by atoms with van der Waals surface area (Å²) in [5, 5.41) is 9.23. The van der Waals surface area contributed by atoms with Gasteiger partial charge in [0.15, 0.2) is 5.78 Å². The van der Waals surface area contributed by atoms with Crippen LogP contribution >= 0.6 is 0 Å². The van der Waals surface area contributed by atoms with Crippen molar-refractivity contribution in [2.24, 2.45) is 11.8 Å². The molecule has 98 valence electrons. The smallest absolute Gasteiger partial charge is 0.163 e. The molecule has 2 aromatic rings. The van der Waals surface area contributed by atoms with Crippen molar-refractivity contribution in [1.29, 1.82) is 5.26 Å². The van der Waals surface area contributed by atoms with Gasteiger partial charge in [0.2, 0.25) is 0 Å². The Morgan fingerprint density at radius 3 is 2.20 bits per heavy atom. The van der Waals surface area contributed by atoms with Crippen LogP contribution in [-0.2, 0) is 0 Å². The summed E-state index contributed by atoms with van der Waals surface area (Å²) in [5.74, 6) is 0.489. The van der Waals surface area contributed by atoms with Gasteiger partial charge in [0.1, 0.15) is 0 Å². The fourth-order valence-corrected chi connectivity index (χ4v) is 2.89. The zero-order valence-electron chi connectivity index (χ0n) is 11.1. The zero-order chi connectivity index (χ0) is 13.9. The molecule has 1 aliphatic rings. The third-order valence-corrected chi connectivity index (χ3v) is 4.02. The molecule has 2 aromatic carbocycles. The number of rotatable bonds is 4. The number of Topliss-reactive ketones (excluding diaryl/α,β-unsaturated/α-hetero) is 1. The van der Waals surface area contributed by atoms with Gasteiger partial charge in [0.25, 0.3) is 0 Å². The molecular weight excluding hydrogens is 246 g/mol. The largest absolute Gasteiger partial charge is 0.294 e. The predicted molar refractivity (Wildman–Crippen MR) is 77.2 cm³/mol. The summed E-state index contributed by atoms with van der Waals surface area (Å²) in [6.07, 6.45) is 0.460. The predicted octanol–water partition coefficient (Wildman–Crippen LogP) is 3.81. The Balaban J connectivity index is 1.73. The van der Waals surface area contributed by atoms with Gasteiger partial charge in [-0.2, -0.15) is 5.26 Å². The van der Waals surface area contributed by atoms with Crippen molar-refractivity contribution in [2.45, 2.75) is 12.3 Å². The van der Waals surface area contributed by atoms with Gasteiger partial charge in [0, 0.05) is 17.9 Å². The van der Waals surface area contributed by atoms with Crippen LogP contribution in [0.25, 0.3) is 0 Å². The minimum Gasteiger partial charge on any atom is -0.294 e. The van der Waals surface area contributed by atoms with Gasteiger partial charge in [-0.15, -0.1) is 0 Å². The Bertz CT molecular complexity index is 642. The molecule has 20 heavy (non-hydrogen) atoms. The minimum absolute atomic E-state index is 0.0231. The summed E-state index contributed by atoms with van der Waals surface area (Å²) in [6.45, 7) is 0. The number of nitriles is 1. The molecule has 0 spiro atoms. The third-order valence-electron chi connectivity index (χ3n) is 4.02. The second-order valence-corrected chi connectivity index (χ2v) is 5.25. The highest BCUT2D eigenvalue weighted by molar-refractivity contribution is 5.96. The van der Waals surface area contributed by atoms with Crippen LogP contribution in [0, 0.1) is 23.2 Å². The quantitative estimate of drug-likeness (QED) is 0.785. The lowest BCUT2D eigenvalue weighted by molar-refractivity contribution is 0.0974. The average Bonchev–Trinajstić information content (AvgIpc) is 3.21. The molecule has 1 saturated carbocycles. The van der Waals surface area contributed by atoms with E-state index in [-0.39, 0.29) is 23.5 Å². The molecule has 0 N–H and O–H groups in total. The van der Waals surface area contributed by atoms with E-state index in [4.69, 9.17) is 0 Å². The van der Waals surface area contributed by atoms with Gasteiger partial charge in [-0.1, -0.05) is 60.7 Å². The van der Waals surface area contributed by atoms with Crippen LogP contribution in [0.5, 0.6) is 0 Å². The molecule has 3 rings (SSSR count). The maximum Gasteiger partial charge on any atom is 0.163 e. The highest BCUT2D eigenvalue weighted by Crippen LogP contribution is 2.55. The van der Waals surface area contributed by atoms with Crippen molar-refractivity contribution in [3.8, 4) is 6.07 Å². The Morgan fingerprint density at radius 2 is 1.60 bits per heavy atom. The van der Waals surface area contributed by atoms with E-state index in [0.29, 0.717) is 6.42 Å². The summed E-state index contributed by atoms with van der Waals surface area (Å²) in [4.78, 5) is 12.2. The molecule has 2 heteroatoms. The first-order valence-electron chi connectivity index (χ1n) is 6.84. The Kier molecular flexibility index (Phi) is 3.35. The SMILES string of the molecule is N#C[C@@H]1[C@@H](CC(=O)c2ccccc2)[C@@H]1c1ccccc1. The van der Waals surface area contributed by atoms with Crippen molar-refractivity contribution in [1.82, 2.24) is 0 Å². The number of carbonyl (C=O) groups excluding carboxylic acids is 1. The van der Waals surface area contributed by atoms with Crippen LogP contribution in [0.3, 0.4) is 0 Å². The highest BCUT2D eigenvalue weighted by Gasteiger charge is 2.51. The molecule has 0 radical (unpaired) electrons. The van der Waals surface area contributed by atoms with Crippen LogP contribution in [0.2, 0.25) is 0 Å². The van der Waals surface area contributed by atoms with Crippen LogP contribution in [-0.4, -0.2) is 5.78 Å². The van der Waals surface area contributed by atoms with Crippen molar-refractivity contribution >= 4 is 5.78 Å². The first-order chi connectivity index (χ1) is 9.81. The molecule has 0 amide bonds. The molecule has 0 bridgehead atoms. The third kappa shape index (κ3) is 2.35. The van der Waals surface area contributed by atoms with Crippen molar-refractivity contribution in [3.63, 3.8) is 0 Å². The van der Waals surface area contributed by atoms with Gasteiger partial charge >= 0.3 is 0 Å². The van der Waals surface area contributed by atoms with Gasteiger partial charge in [-0.05, 0) is 11.5 Å². The monoisotopic (exact) mass is 261 g/mol. The van der Waals surface area contributed by atoms with Gasteiger partial charge in [-0.3, -0.25) is 4.79 Å². The topological polar surface area (TPSA) is 40.9 Å². The average molecular weight is 261 g/mol. The number of carbonyl (C=O) groups is 1. The van der Waals surface area contributed by atoms with E-state index in [1.54, 1.807) is 0 Å². The van der Waals surface area contributed by atoms with Gasteiger partial charge < -0.3 is 0 Å². The van der Waals surface area contributed by atoms with Gasteiger partial charge in [-0.25, -0.2) is 0 Å². The maximum absolute atomic E-state index is 12.2. The molecular formula is C18H15NO. The van der Waals surface area contributed by atoms with E-state index in [1.165, 1.54) is 5.56 Å². The summed E-state index contributed by atoms with van der Waals surface area (Å²) < 4.78 is 0. The van der Waals surface area contributed by atoms with E-state index in [2.05, 4.69) is 6.07 Å². The lowest BCUT2D eigenvalue weighted by Gasteiger charge is -2.00. The lowest BCUT2D eigenvalue weighted by atomic mass is 10.0. The number of ketones is 1. The number of hydrogen-bond donors (Lipinski definition) is 0. The zero-order valence-corrected chi connectivity index (χ0v) is 11.1. The summed E-state index contributed by atoms with van der Waals surface area (Å²) in [5.41, 5.74) is 1.91. The molecule has 1 fully saturated rings. The summed E-state index contributed by atoms with van der Waals surface area (Å²) in [6, 6.07) is 21.7. The van der Waals surface area contributed by atoms with E-state index in [1.807, 2.05) is 60.7 Å². The molecule has 0 saturated heterocycles. The normalized spacial score (nSPS) is 23.9. The number of benzene rings is 2. The van der Waals surface area contributed by atoms with Crippen LogP contribution < -0.4 is 0 Å².